The molecular formula is C16H23BrFNO. The van der Waals surface area contributed by atoms with Crippen LogP contribution in [0.3, 0.4) is 0 Å². The number of nitrogens with one attached hydrogen (secondary N) is 1. The summed E-state index contributed by atoms with van der Waals surface area (Å²) in [6, 6.07) is 5.69. The summed E-state index contributed by atoms with van der Waals surface area (Å²) in [4.78, 5) is 0. The molecule has 0 amide bonds. The molecule has 112 valence electrons. The summed E-state index contributed by atoms with van der Waals surface area (Å²) < 4.78 is 19.7. The lowest BCUT2D eigenvalue weighted by Gasteiger charge is -2.31. The Bertz CT molecular complexity index is 421. The highest BCUT2D eigenvalue weighted by Gasteiger charge is 2.24. The van der Waals surface area contributed by atoms with E-state index in [1.165, 1.54) is 6.07 Å². The summed E-state index contributed by atoms with van der Waals surface area (Å²) in [5, 5.41) is 3.64. The van der Waals surface area contributed by atoms with E-state index in [1.54, 1.807) is 6.07 Å². The van der Waals surface area contributed by atoms with E-state index >= 15 is 0 Å². The van der Waals surface area contributed by atoms with Crippen molar-refractivity contribution in [3.8, 4) is 0 Å². The van der Waals surface area contributed by atoms with Crippen molar-refractivity contribution in [2.24, 2.45) is 5.92 Å². The number of hydrogen-bond donors (Lipinski definition) is 1. The van der Waals surface area contributed by atoms with Crippen LogP contribution in [0.4, 0.5) is 4.39 Å². The zero-order valence-corrected chi connectivity index (χ0v) is 13.6. The van der Waals surface area contributed by atoms with Gasteiger partial charge in [-0.1, -0.05) is 19.1 Å². The van der Waals surface area contributed by atoms with Crippen molar-refractivity contribution in [1.29, 1.82) is 0 Å². The average Bonchev–Trinajstić information content (AvgIpc) is 2.48. The Balaban J connectivity index is 2.07. The van der Waals surface area contributed by atoms with Gasteiger partial charge in [0.1, 0.15) is 5.82 Å². The van der Waals surface area contributed by atoms with Gasteiger partial charge in [-0.2, -0.15) is 0 Å². The van der Waals surface area contributed by atoms with Gasteiger partial charge in [0.2, 0.25) is 0 Å². The van der Waals surface area contributed by atoms with Gasteiger partial charge < -0.3 is 10.1 Å². The minimum Gasteiger partial charge on any atom is -0.381 e. The highest BCUT2D eigenvalue weighted by Crippen LogP contribution is 2.26. The molecule has 1 aromatic rings. The topological polar surface area (TPSA) is 21.3 Å². The molecule has 0 saturated carbocycles. The summed E-state index contributed by atoms with van der Waals surface area (Å²) in [6.07, 6.45) is 4.16. The second kappa shape index (κ2) is 8.11. The van der Waals surface area contributed by atoms with Crippen LogP contribution in [0.25, 0.3) is 0 Å². The molecule has 20 heavy (non-hydrogen) atoms. The third-order valence-electron chi connectivity index (χ3n) is 3.96. The molecule has 0 spiro atoms. The van der Waals surface area contributed by atoms with Crippen molar-refractivity contribution < 1.29 is 9.13 Å². The van der Waals surface area contributed by atoms with E-state index in [1.807, 2.05) is 6.07 Å². The Labute approximate surface area is 129 Å². The van der Waals surface area contributed by atoms with Gasteiger partial charge in [-0.3, -0.25) is 0 Å². The molecule has 0 aliphatic carbocycles. The molecule has 1 heterocycles. The standard InChI is InChI=1S/C16H23BrFNO/c1-2-8-19-15(12-6-9-20-10-7-12)11-13-4-3-5-14(18)16(13)17/h3-5,12,15,19H,2,6-11H2,1H3. The molecule has 0 radical (unpaired) electrons. The third-order valence-corrected chi connectivity index (χ3v) is 4.85. The van der Waals surface area contributed by atoms with Crippen LogP contribution in [0.2, 0.25) is 0 Å². The SMILES string of the molecule is CCCNC(Cc1cccc(F)c1Br)C1CCOCC1. The first-order chi connectivity index (χ1) is 9.72. The van der Waals surface area contributed by atoms with Gasteiger partial charge in [0, 0.05) is 19.3 Å². The molecule has 1 aromatic carbocycles. The summed E-state index contributed by atoms with van der Waals surface area (Å²) in [5.74, 6) is 0.439. The average molecular weight is 344 g/mol. The van der Waals surface area contributed by atoms with Crippen molar-refractivity contribution in [3.63, 3.8) is 0 Å². The molecule has 2 rings (SSSR count). The van der Waals surface area contributed by atoms with E-state index in [0.29, 0.717) is 16.4 Å². The van der Waals surface area contributed by atoms with Crippen LogP contribution < -0.4 is 5.32 Å². The summed E-state index contributed by atoms with van der Waals surface area (Å²) in [5.41, 5.74) is 1.05. The van der Waals surface area contributed by atoms with Crippen LogP contribution in [0, 0.1) is 11.7 Å². The van der Waals surface area contributed by atoms with Crippen molar-refractivity contribution in [2.75, 3.05) is 19.8 Å². The fraction of sp³-hybridized carbons (Fsp3) is 0.625. The highest BCUT2D eigenvalue weighted by molar-refractivity contribution is 9.10. The van der Waals surface area contributed by atoms with Gasteiger partial charge in [-0.15, -0.1) is 0 Å². The molecule has 2 nitrogen and oxygen atoms in total. The smallest absolute Gasteiger partial charge is 0.137 e. The van der Waals surface area contributed by atoms with E-state index in [-0.39, 0.29) is 5.82 Å². The maximum atomic E-state index is 13.6. The van der Waals surface area contributed by atoms with Crippen molar-refractivity contribution in [2.45, 2.75) is 38.6 Å². The van der Waals surface area contributed by atoms with E-state index in [4.69, 9.17) is 4.74 Å². The molecule has 1 fully saturated rings. The Morgan fingerprint density at radius 3 is 2.85 bits per heavy atom. The van der Waals surface area contributed by atoms with Gasteiger partial charge in [0.25, 0.3) is 0 Å². The third kappa shape index (κ3) is 4.27. The molecule has 4 heteroatoms. The van der Waals surface area contributed by atoms with Crippen molar-refractivity contribution in [1.82, 2.24) is 5.32 Å². The van der Waals surface area contributed by atoms with E-state index in [2.05, 4.69) is 28.2 Å². The number of ether oxygens (including phenoxy) is 1. The second-order valence-corrected chi connectivity index (χ2v) is 6.22. The maximum Gasteiger partial charge on any atom is 0.137 e. The first-order valence-electron chi connectivity index (χ1n) is 7.46. The molecular weight excluding hydrogens is 321 g/mol. The van der Waals surface area contributed by atoms with Crippen LogP contribution >= 0.6 is 15.9 Å². The Kier molecular flexibility index (Phi) is 6.46. The molecule has 1 aliphatic heterocycles. The minimum absolute atomic E-state index is 0.177. The quantitative estimate of drug-likeness (QED) is 0.844. The van der Waals surface area contributed by atoms with Crippen LogP contribution in [-0.2, 0) is 11.2 Å². The fourth-order valence-corrected chi connectivity index (χ4v) is 3.22. The number of rotatable bonds is 6. The van der Waals surface area contributed by atoms with Crippen LogP contribution in [-0.4, -0.2) is 25.8 Å². The summed E-state index contributed by atoms with van der Waals surface area (Å²) in [6.45, 7) is 4.87. The molecule has 1 N–H and O–H groups in total. The lowest BCUT2D eigenvalue weighted by Crippen LogP contribution is -2.41. The van der Waals surface area contributed by atoms with Crippen LogP contribution in [0.1, 0.15) is 31.7 Å². The first-order valence-corrected chi connectivity index (χ1v) is 8.25. The Morgan fingerprint density at radius 2 is 2.15 bits per heavy atom. The van der Waals surface area contributed by atoms with Crippen molar-refractivity contribution >= 4 is 15.9 Å². The Hall–Kier alpha value is -0.450. The molecule has 1 aliphatic rings. The first kappa shape index (κ1) is 15.9. The lowest BCUT2D eigenvalue weighted by atomic mass is 9.87. The normalized spacial score (nSPS) is 18.1. The highest BCUT2D eigenvalue weighted by atomic mass is 79.9. The van der Waals surface area contributed by atoms with Gasteiger partial charge in [-0.05, 0) is 65.7 Å². The van der Waals surface area contributed by atoms with Crippen molar-refractivity contribution in [3.05, 3.63) is 34.1 Å². The zero-order valence-electron chi connectivity index (χ0n) is 12.0. The second-order valence-electron chi connectivity index (χ2n) is 5.43. The summed E-state index contributed by atoms with van der Waals surface area (Å²) >= 11 is 3.37. The van der Waals surface area contributed by atoms with Crippen LogP contribution in [0.5, 0.6) is 0 Å². The van der Waals surface area contributed by atoms with Gasteiger partial charge in [0.05, 0.1) is 4.47 Å². The molecule has 1 atom stereocenters. The number of hydrogen-bond acceptors (Lipinski definition) is 2. The van der Waals surface area contributed by atoms with Gasteiger partial charge in [-0.25, -0.2) is 4.39 Å². The number of halogens is 2. The van der Waals surface area contributed by atoms with Crippen LogP contribution in [0.15, 0.2) is 22.7 Å². The molecule has 0 bridgehead atoms. The molecule has 1 saturated heterocycles. The zero-order chi connectivity index (χ0) is 14.4. The fourth-order valence-electron chi connectivity index (χ4n) is 2.80. The van der Waals surface area contributed by atoms with Gasteiger partial charge >= 0.3 is 0 Å². The monoisotopic (exact) mass is 343 g/mol. The minimum atomic E-state index is -0.177. The maximum absolute atomic E-state index is 13.6. The van der Waals surface area contributed by atoms with Gasteiger partial charge in [0.15, 0.2) is 0 Å². The number of benzene rings is 1. The lowest BCUT2D eigenvalue weighted by molar-refractivity contribution is 0.0537. The van der Waals surface area contributed by atoms with E-state index in [0.717, 1.165) is 51.0 Å². The van der Waals surface area contributed by atoms with E-state index in [9.17, 15) is 4.39 Å². The molecule has 0 aromatic heterocycles. The summed E-state index contributed by atoms with van der Waals surface area (Å²) in [7, 11) is 0. The Morgan fingerprint density at radius 1 is 1.40 bits per heavy atom. The molecule has 1 unspecified atom stereocenters. The predicted octanol–water partition coefficient (Wildman–Crippen LogP) is 3.93. The van der Waals surface area contributed by atoms with E-state index < -0.39 is 0 Å². The predicted molar refractivity (Wildman–Crippen MR) is 83.4 cm³/mol. The largest absolute Gasteiger partial charge is 0.381 e.